The lowest BCUT2D eigenvalue weighted by atomic mass is 10.0. The molecule has 0 aliphatic heterocycles. The lowest BCUT2D eigenvalue weighted by Gasteiger charge is -2.15. The molecular formula is C13H22N4O. The number of nitrogens with zero attached hydrogens (tertiary/aromatic N) is 2. The van der Waals surface area contributed by atoms with E-state index in [1.807, 2.05) is 12.1 Å². The lowest BCUT2D eigenvalue weighted by Crippen LogP contribution is -2.28. The first-order chi connectivity index (χ1) is 8.81. The van der Waals surface area contributed by atoms with E-state index in [4.69, 9.17) is 10.6 Å². The Kier molecular flexibility index (Phi) is 6.98. The molecule has 18 heavy (non-hydrogen) atoms. The van der Waals surface area contributed by atoms with Crippen molar-refractivity contribution in [1.82, 2.24) is 15.4 Å². The molecule has 0 amide bonds. The fourth-order valence-electron chi connectivity index (χ4n) is 1.79. The molecule has 100 valence electrons. The average molecular weight is 250 g/mol. The molecule has 1 atom stereocenters. The lowest BCUT2D eigenvalue weighted by molar-refractivity contribution is 0.392. The van der Waals surface area contributed by atoms with Gasteiger partial charge < -0.3 is 4.74 Å². The number of allylic oxidation sites excluding steroid dienone is 1. The van der Waals surface area contributed by atoms with Crippen molar-refractivity contribution in [2.75, 3.05) is 7.11 Å². The molecule has 1 aromatic rings. The summed E-state index contributed by atoms with van der Waals surface area (Å²) in [6, 6.07) is 1.86. The van der Waals surface area contributed by atoms with Crippen LogP contribution in [-0.2, 0) is 0 Å². The second-order valence-electron chi connectivity index (χ2n) is 4.13. The van der Waals surface area contributed by atoms with E-state index >= 15 is 0 Å². The number of hydrogen-bond acceptors (Lipinski definition) is 5. The number of hydrazine groups is 1. The molecule has 0 saturated heterocycles. The highest BCUT2D eigenvalue weighted by Gasteiger charge is 2.11. The number of hydrogen-bond donors (Lipinski definition) is 2. The summed E-state index contributed by atoms with van der Waals surface area (Å²) in [5.41, 5.74) is 3.66. The third-order valence-corrected chi connectivity index (χ3v) is 2.83. The van der Waals surface area contributed by atoms with Crippen LogP contribution in [0.4, 0.5) is 0 Å². The van der Waals surface area contributed by atoms with Gasteiger partial charge in [-0.05, 0) is 19.3 Å². The molecule has 1 heterocycles. The van der Waals surface area contributed by atoms with Gasteiger partial charge in [0.2, 0.25) is 5.88 Å². The van der Waals surface area contributed by atoms with Crippen LogP contribution in [0.15, 0.2) is 25.0 Å². The molecular weight excluding hydrogens is 228 g/mol. The van der Waals surface area contributed by atoms with Crippen molar-refractivity contribution in [3.63, 3.8) is 0 Å². The maximum absolute atomic E-state index is 5.57. The number of aromatic nitrogens is 2. The summed E-state index contributed by atoms with van der Waals surface area (Å²) < 4.78 is 5.08. The molecule has 1 unspecified atom stereocenters. The Hall–Kier alpha value is -1.46. The topological polar surface area (TPSA) is 73.1 Å². The predicted molar refractivity (Wildman–Crippen MR) is 71.9 cm³/mol. The van der Waals surface area contributed by atoms with Gasteiger partial charge in [-0.3, -0.25) is 11.3 Å². The normalized spacial score (nSPS) is 12.1. The van der Waals surface area contributed by atoms with Gasteiger partial charge in [-0.15, -0.1) is 6.58 Å². The second-order valence-corrected chi connectivity index (χ2v) is 4.13. The van der Waals surface area contributed by atoms with E-state index in [0.29, 0.717) is 5.88 Å². The molecule has 0 aliphatic rings. The van der Waals surface area contributed by atoms with Crippen LogP contribution in [0.2, 0.25) is 0 Å². The molecule has 0 bridgehead atoms. The Morgan fingerprint density at radius 3 is 2.94 bits per heavy atom. The van der Waals surface area contributed by atoms with Crippen molar-refractivity contribution in [2.24, 2.45) is 5.84 Å². The van der Waals surface area contributed by atoms with Gasteiger partial charge in [0.15, 0.2) is 0 Å². The summed E-state index contributed by atoms with van der Waals surface area (Å²) in [5.74, 6) is 6.13. The number of methoxy groups -OCH3 is 1. The predicted octanol–water partition coefficient (Wildman–Crippen LogP) is 2.13. The largest absolute Gasteiger partial charge is 0.481 e. The van der Waals surface area contributed by atoms with Crippen LogP contribution in [0.1, 0.15) is 43.8 Å². The molecule has 3 N–H and O–H groups in total. The van der Waals surface area contributed by atoms with Crippen molar-refractivity contribution >= 4 is 0 Å². The van der Waals surface area contributed by atoms with Gasteiger partial charge in [0.1, 0.15) is 6.33 Å². The molecule has 0 aromatic carbocycles. The van der Waals surface area contributed by atoms with Crippen molar-refractivity contribution < 1.29 is 4.74 Å². The SMILES string of the molecule is C=CCCCCCC(NN)c1cc(OC)ncn1. The van der Waals surface area contributed by atoms with E-state index in [-0.39, 0.29) is 6.04 Å². The highest BCUT2D eigenvalue weighted by atomic mass is 16.5. The summed E-state index contributed by atoms with van der Waals surface area (Å²) in [4.78, 5) is 8.21. The zero-order valence-corrected chi connectivity index (χ0v) is 10.9. The van der Waals surface area contributed by atoms with Gasteiger partial charge in [-0.1, -0.05) is 18.9 Å². The third-order valence-electron chi connectivity index (χ3n) is 2.83. The summed E-state index contributed by atoms with van der Waals surface area (Å²) in [6.45, 7) is 3.71. The number of rotatable bonds is 9. The summed E-state index contributed by atoms with van der Waals surface area (Å²) >= 11 is 0. The molecule has 0 saturated carbocycles. The summed E-state index contributed by atoms with van der Waals surface area (Å²) in [5, 5.41) is 0. The van der Waals surface area contributed by atoms with E-state index in [2.05, 4.69) is 22.0 Å². The van der Waals surface area contributed by atoms with Crippen molar-refractivity contribution in [1.29, 1.82) is 0 Å². The Balaban J connectivity index is 2.46. The van der Waals surface area contributed by atoms with E-state index in [1.165, 1.54) is 19.2 Å². The maximum atomic E-state index is 5.57. The van der Waals surface area contributed by atoms with Gasteiger partial charge in [0.05, 0.1) is 18.8 Å². The highest BCUT2D eigenvalue weighted by Crippen LogP contribution is 2.19. The quantitative estimate of drug-likeness (QED) is 0.304. The minimum atomic E-state index is 0.0469. The first-order valence-electron chi connectivity index (χ1n) is 6.24. The molecule has 0 spiro atoms. The van der Waals surface area contributed by atoms with Crippen LogP contribution in [0.5, 0.6) is 5.88 Å². The van der Waals surface area contributed by atoms with Crippen LogP contribution >= 0.6 is 0 Å². The first-order valence-corrected chi connectivity index (χ1v) is 6.24. The van der Waals surface area contributed by atoms with Gasteiger partial charge in [-0.25, -0.2) is 9.97 Å². The Morgan fingerprint density at radius 1 is 1.44 bits per heavy atom. The highest BCUT2D eigenvalue weighted by molar-refractivity contribution is 5.16. The van der Waals surface area contributed by atoms with Gasteiger partial charge in [-0.2, -0.15) is 0 Å². The van der Waals surface area contributed by atoms with Gasteiger partial charge in [0.25, 0.3) is 0 Å². The molecule has 0 fully saturated rings. The number of unbranched alkanes of at least 4 members (excludes halogenated alkanes) is 3. The van der Waals surface area contributed by atoms with Crippen molar-refractivity contribution in [3.8, 4) is 5.88 Å². The van der Waals surface area contributed by atoms with E-state index in [1.54, 1.807) is 7.11 Å². The standard InChI is InChI=1S/C13H22N4O/c1-3-4-5-6-7-8-11(17-14)12-9-13(18-2)16-10-15-12/h3,9-11,17H,1,4-8,14H2,2H3. The third kappa shape index (κ3) is 4.81. The molecule has 1 aromatic heterocycles. The van der Waals surface area contributed by atoms with E-state index in [0.717, 1.165) is 25.0 Å². The molecule has 5 nitrogen and oxygen atoms in total. The fraction of sp³-hybridized carbons (Fsp3) is 0.538. The smallest absolute Gasteiger partial charge is 0.216 e. The average Bonchev–Trinajstić information content (AvgIpc) is 2.43. The Morgan fingerprint density at radius 2 is 2.28 bits per heavy atom. The number of nitrogens with one attached hydrogen (secondary N) is 1. The fourth-order valence-corrected chi connectivity index (χ4v) is 1.79. The zero-order valence-electron chi connectivity index (χ0n) is 10.9. The van der Waals surface area contributed by atoms with Crippen LogP contribution in [0, 0.1) is 0 Å². The maximum Gasteiger partial charge on any atom is 0.216 e. The van der Waals surface area contributed by atoms with Crippen LogP contribution in [-0.4, -0.2) is 17.1 Å². The van der Waals surface area contributed by atoms with E-state index in [9.17, 15) is 0 Å². The minimum Gasteiger partial charge on any atom is -0.481 e. The molecule has 0 aliphatic carbocycles. The summed E-state index contributed by atoms with van der Waals surface area (Å²) in [7, 11) is 1.59. The van der Waals surface area contributed by atoms with Gasteiger partial charge >= 0.3 is 0 Å². The van der Waals surface area contributed by atoms with Crippen LogP contribution in [0.3, 0.4) is 0 Å². The van der Waals surface area contributed by atoms with E-state index < -0.39 is 0 Å². The monoisotopic (exact) mass is 250 g/mol. The van der Waals surface area contributed by atoms with Crippen molar-refractivity contribution in [2.45, 2.75) is 38.1 Å². The minimum absolute atomic E-state index is 0.0469. The number of ether oxygens (including phenoxy) is 1. The van der Waals surface area contributed by atoms with Crippen molar-refractivity contribution in [3.05, 3.63) is 30.7 Å². The summed E-state index contributed by atoms with van der Waals surface area (Å²) in [6.07, 6.45) is 8.93. The molecule has 0 radical (unpaired) electrons. The Bertz CT molecular complexity index is 357. The first kappa shape index (κ1) is 14.6. The Labute approximate surface area is 108 Å². The molecule has 1 rings (SSSR count). The van der Waals surface area contributed by atoms with Gasteiger partial charge in [0, 0.05) is 6.07 Å². The molecule has 5 heteroatoms. The van der Waals surface area contributed by atoms with Crippen LogP contribution in [0.25, 0.3) is 0 Å². The second kappa shape index (κ2) is 8.60. The van der Waals surface area contributed by atoms with Crippen LogP contribution < -0.4 is 16.0 Å². The number of nitrogens with two attached hydrogens (primary N) is 1. The zero-order chi connectivity index (χ0) is 13.2.